The molecule has 0 saturated carbocycles. The van der Waals surface area contributed by atoms with Crippen LogP contribution in [0.25, 0.3) is 0 Å². The van der Waals surface area contributed by atoms with Gasteiger partial charge in [-0.25, -0.2) is 4.98 Å². The zero-order valence-electron chi connectivity index (χ0n) is 5.12. The monoisotopic (exact) mass is 143 g/mol. The van der Waals surface area contributed by atoms with Gasteiger partial charge in [-0.15, -0.1) is 0 Å². The van der Waals surface area contributed by atoms with Crippen molar-refractivity contribution in [1.29, 1.82) is 0 Å². The summed E-state index contributed by atoms with van der Waals surface area (Å²) in [6.07, 6.45) is 4.55. The molecule has 3 nitrogen and oxygen atoms in total. The molecule has 2 N–H and O–H groups in total. The second kappa shape index (κ2) is 2.95. The first kappa shape index (κ1) is 6.72. The van der Waals surface area contributed by atoms with Crippen LogP contribution in [0.5, 0.6) is 0 Å². The second-order valence-corrected chi connectivity index (χ2v) is 2.45. The lowest BCUT2D eigenvalue weighted by atomic mass is 10.3. The Morgan fingerprint density at radius 2 is 2.56 bits per heavy atom. The number of imidazole rings is 1. The third kappa shape index (κ3) is 1.77. The Morgan fingerprint density at radius 1 is 1.78 bits per heavy atom. The Kier molecular flexibility index (Phi) is 2.20. The van der Waals surface area contributed by atoms with E-state index in [1.807, 2.05) is 10.5 Å². The third-order valence-corrected chi connectivity index (χ3v) is 1.34. The van der Waals surface area contributed by atoms with E-state index >= 15 is 0 Å². The maximum atomic E-state index is 5.31. The highest BCUT2D eigenvalue weighted by molar-refractivity contribution is 7.14. The molecule has 0 fully saturated rings. The predicted molar refractivity (Wildman–Crippen MR) is 40.1 cm³/mol. The molecule has 1 heterocycles. The Balaban J connectivity index is 2.61. The van der Waals surface area contributed by atoms with Crippen molar-refractivity contribution in [3.05, 3.63) is 18.2 Å². The van der Waals surface area contributed by atoms with E-state index in [4.69, 9.17) is 5.73 Å². The SMILES string of the molecule is NCCc1cn(P)cn1. The average Bonchev–Trinajstić information content (AvgIpc) is 2.17. The Bertz CT molecular complexity index is 184. The van der Waals surface area contributed by atoms with Crippen LogP contribution >= 0.6 is 9.39 Å². The molecule has 9 heavy (non-hydrogen) atoms. The second-order valence-electron chi connectivity index (χ2n) is 1.85. The first-order valence-electron chi connectivity index (χ1n) is 2.81. The molecule has 0 saturated heterocycles. The molecular formula is C5H10N3P. The number of aromatic nitrogens is 2. The minimum absolute atomic E-state index is 0.668. The van der Waals surface area contributed by atoms with Crippen LogP contribution in [-0.2, 0) is 6.42 Å². The molecule has 1 atom stereocenters. The number of hydrogen-bond acceptors (Lipinski definition) is 2. The molecule has 0 bridgehead atoms. The summed E-state index contributed by atoms with van der Waals surface area (Å²) in [7, 11) is 2.51. The van der Waals surface area contributed by atoms with Gasteiger partial charge < -0.3 is 10.1 Å². The maximum Gasteiger partial charge on any atom is 0.0978 e. The smallest absolute Gasteiger partial charge is 0.0978 e. The molecule has 4 heteroatoms. The lowest BCUT2D eigenvalue weighted by molar-refractivity contribution is 0.935. The highest BCUT2D eigenvalue weighted by Gasteiger charge is 1.91. The number of rotatable bonds is 2. The summed E-state index contributed by atoms with van der Waals surface area (Å²) in [5, 5.41) is 0. The highest BCUT2D eigenvalue weighted by atomic mass is 31.0. The van der Waals surface area contributed by atoms with E-state index < -0.39 is 0 Å². The van der Waals surface area contributed by atoms with Gasteiger partial charge in [0.15, 0.2) is 0 Å². The van der Waals surface area contributed by atoms with E-state index in [1.54, 1.807) is 6.33 Å². The molecule has 0 aliphatic carbocycles. The Hall–Kier alpha value is -0.400. The van der Waals surface area contributed by atoms with Gasteiger partial charge in [-0.3, -0.25) is 0 Å². The third-order valence-electron chi connectivity index (χ3n) is 1.06. The molecule has 0 aromatic carbocycles. The van der Waals surface area contributed by atoms with E-state index in [2.05, 4.69) is 14.4 Å². The van der Waals surface area contributed by atoms with Gasteiger partial charge >= 0.3 is 0 Å². The standard InChI is InChI=1S/C5H10N3P/c6-2-1-5-3-8(9)4-7-5/h3-4H,1-2,6,9H2. The van der Waals surface area contributed by atoms with Crippen LogP contribution < -0.4 is 5.73 Å². The van der Waals surface area contributed by atoms with Crippen LogP contribution in [0, 0.1) is 0 Å². The van der Waals surface area contributed by atoms with Gasteiger partial charge in [-0.2, -0.15) is 0 Å². The van der Waals surface area contributed by atoms with E-state index in [9.17, 15) is 0 Å². The van der Waals surface area contributed by atoms with Crippen molar-refractivity contribution in [3.63, 3.8) is 0 Å². The molecule has 0 aliphatic heterocycles. The molecule has 0 spiro atoms. The summed E-state index contributed by atoms with van der Waals surface area (Å²) in [4.78, 5) is 4.07. The van der Waals surface area contributed by atoms with Gasteiger partial charge in [0.25, 0.3) is 0 Å². The van der Waals surface area contributed by atoms with Gasteiger partial charge in [0.2, 0.25) is 0 Å². The summed E-state index contributed by atoms with van der Waals surface area (Å²) in [6, 6.07) is 0. The number of hydrogen-bond donors (Lipinski definition) is 1. The normalized spacial score (nSPS) is 10.0. The van der Waals surface area contributed by atoms with Crippen LogP contribution in [0.2, 0.25) is 0 Å². The van der Waals surface area contributed by atoms with Gasteiger partial charge in [-0.05, 0) is 15.9 Å². The average molecular weight is 143 g/mol. The van der Waals surface area contributed by atoms with Crippen LogP contribution in [0.3, 0.4) is 0 Å². The van der Waals surface area contributed by atoms with E-state index in [-0.39, 0.29) is 0 Å². The molecule has 1 rings (SSSR count). The van der Waals surface area contributed by atoms with Crippen LogP contribution in [0.15, 0.2) is 12.5 Å². The van der Waals surface area contributed by atoms with Crippen molar-refractivity contribution >= 4 is 9.39 Å². The number of nitrogens with two attached hydrogens (primary N) is 1. The summed E-state index contributed by atoms with van der Waals surface area (Å²) in [6.45, 7) is 0.668. The predicted octanol–water partition coefficient (Wildman–Crippen LogP) is 0.0225. The zero-order chi connectivity index (χ0) is 6.69. The molecule has 0 aliphatic rings. The highest BCUT2D eigenvalue weighted by Crippen LogP contribution is 1.98. The molecular weight excluding hydrogens is 133 g/mol. The minimum atomic E-state index is 0.668. The lowest BCUT2D eigenvalue weighted by Gasteiger charge is -1.86. The summed E-state index contributed by atoms with van der Waals surface area (Å²) in [5.74, 6) is 0. The molecule has 50 valence electrons. The maximum absolute atomic E-state index is 5.31. The van der Waals surface area contributed by atoms with Gasteiger partial charge in [-0.1, -0.05) is 0 Å². The number of nitrogens with zero attached hydrogens (tertiary/aromatic N) is 2. The van der Waals surface area contributed by atoms with Crippen molar-refractivity contribution in [2.45, 2.75) is 6.42 Å². The fourth-order valence-corrected chi connectivity index (χ4v) is 0.895. The zero-order valence-corrected chi connectivity index (χ0v) is 6.27. The van der Waals surface area contributed by atoms with Crippen LogP contribution in [0.1, 0.15) is 5.69 Å². The Morgan fingerprint density at radius 3 is 3.00 bits per heavy atom. The quantitative estimate of drug-likeness (QED) is 0.593. The van der Waals surface area contributed by atoms with Crippen molar-refractivity contribution < 1.29 is 0 Å². The summed E-state index contributed by atoms with van der Waals surface area (Å²) in [5.41, 5.74) is 6.36. The molecule has 1 aromatic rings. The van der Waals surface area contributed by atoms with Crippen molar-refractivity contribution in [2.24, 2.45) is 5.73 Å². The molecule has 1 unspecified atom stereocenters. The van der Waals surface area contributed by atoms with Crippen molar-refractivity contribution in [2.75, 3.05) is 6.54 Å². The fourth-order valence-electron chi connectivity index (χ4n) is 0.657. The topological polar surface area (TPSA) is 43.8 Å². The minimum Gasteiger partial charge on any atom is -0.330 e. The van der Waals surface area contributed by atoms with Gasteiger partial charge in [0.1, 0.15) is 0 Å². The van der Waals surface area contributed by atoms with Crippen LogP contribution in [0.4, 0.5) is 0 Å². The van der Waals surface area contributed by atoms with Crippen molar-refractivity contribution in [3.8, 4) is 0 Å². The molecule has 1 aromatic heterocycles. The largest absolute Gasteiger partial charge is 0.330 e. The summed E-state index contributed by atoms with van der Waals surface area (Å²) < 4.78 is 1.84. The first-order valence-corrected chi connectivity index (χ1v) is 3.32. The van der Waals surface area contributed by atoms with E-state index in [1.165, 1.54) is 0 Å². The van der Waals surface area contributed by atoms with Gasteiger partial charge in [0.05, 0.1) is 12.0 Å². The van der Waals surface area contributed by atoms with Gasteiger partial charge in [0, 0.05) is 12.6 Å². The first-order chi connectivity index (χ1) is 4.33. The van der Waals surface area contributed by atoms with E-state index in [0.29, 0.717) is 6.54 Å². The Labute approximate surface area is 56.5 Å². The van der Waals surface area contributed by atoms with E-state index in [0.717, 1.165) is 12.1 Å². The fraction of sp³-hybridized carbons (Fsp3) is 0.400. The summed E-state index contributed by atoms with van der Waals surface area (Å²) >= 11 is 0. The van der Waals surface area contributed by atoms with Crippen LogP contribution in [-0.4, -0.2) is 15.9 Å². The molecule has 0 radical (unpaired) electrons. The molecule has 0 amide bonds. The lowest BCUT2D eigenvalue weighted by Crippen LogP contribution is -2.02. The van der Waals surface area contributed by atoms with Crippen molar-refractivity contribution in [1.82, 2.24) is 9.32 Å².